The predicted octanol–water partition coefficient (Wildman–Crippen LogP) is 3.74. The average molecular weight is 278 g/mol. The van der Waals surface area contributed by atoms with E-state index in [4.69, 9.17) is 0 Å². The van der Waals surface area contributed by atoms with Gasteiger partial charge in [0.25, 0.3) is 0 Å². The van der Waals surface area contributed by atoms with Gasteiger partial charge in [-0.3, -0.25) is 4.79 Å². The minimum Gasteiger partial charge on any atom is -0.382 e. The second-order valence-electron chi connectivity index (χ2n) is 5.47. The maximum atomic E-state index is 12.2. The van der Waals surface area contributed by atoms with Gasteiger partial charge in [-0.1, -0.05) is 43.4 Å². The summed E-state index contributed by atoms with van der Waals surface area (Å²) in [5.41, 5.74) is 0.159. The molecule has 2 rings (SSSR count). The van der Waals surface area contributed by atoms with Crippen molar-refractivity contribution in [1.82, 2.24) is 0 Å². The standard InChI is InChI=1S/C16H22O2S/c1-13-6-8-14(9-7-13)19-12-15(17)16(18)10-4-2-3-5-11-16/h6-9,18H,2-5,10-12H2,1H3. The van der Waals surface area contributed by atoms with Crippen molar-refractivity contribution >= 4 is 17.5 Å². The number of hydrogen-bond donors (Lipinski definition) is 1. The van der Waals surface area contributed by atoms with Gasteiger partial charge >= 0.3 is 0 Å². The molecular formula is C16H22O2S. The van der Waals surface area contributed by atoms with Gasteiger partial charge in [0.15, 0.2) is 5.78 Å². The van der Waals surface area contributed by atoms with Gasteiger partial charge in [0.1, 0.15) is 5.60 Å². The summed E-state index contributed by atoms with van der Waals surface area (Å²) < 4.78 is 0. The molecule has 1 N–H and O–H groups in total. The van der Waals surface area contributed by atoms with Crippen LogP contribution in [-0.2, 0) is 4.79 Å². The van der Waals surface area contributed by atoms with Gasteiger partial charge in [-0.2, -0.15) is 0 Å². The number of thioether (sulfide) groups is 1. The zero-order valence-corrected chi connectivity index (χ0v) is 12.3. The number of Topliss-reactive ketones (excluding diaryl/α,β-unsaturated/α-hetero) is 1. The number of aryl methyl sites for hydroxylation is 1. The average Bonchev–Trinajstić information content (AvgIpc) is 2.64. The molecule has 1 aliphatic rings. The molecule has 1 aromatic rings. The molecule has 1 fully saturated rings. The fraction of sp³-hybridized carbons (Fsp3) is 0.562. The van der Waals surface area contributed by atoms with Crippen LogP contribution in [-0.4, -0.2) is 22.2 Å². The minimum atomic E-state index is -1.06. The van der Waals surface area contributed by atoms with Crippen LogP contribution in [0.3, 0.4) is 0 Å². The van der Waals surface area contributed by atoms with Crippen LogP contribution < -0.4 is 0 Å². The molecule has 0 radical (unpaired) electrons. The molecule has 0 heterocycles. The molecule has 1 aliphatic carbocycles. The van der Waals surface area contributed by atoms with E-state index >= 15 is 0 Å². The van der Waals surface area contributed by atoms with Gasteiger partial charge in [0.05, 0.1) is 5.75 Å². The number of carbonyl (C=O) groups excluding carboxylic acids is 1. The fourth-order valence-corrected chi connectivity index (χ4v) is 3.40. The third kappa shape index (κ3) is 4.08. The van der Waals surface area contributed by atoms with Crippen LogP contribution in [0, 0.1) is 6.92 Å². The molecule has 0 unspecified atom stereocenters. The van der Waals surface area contributed by atoms with Gasteiger partial charge in [-0.25, -0.2) is 0 Å². The normalized spacial score (nSPS) is 18.8. The maximum Gasteiger partial charge on any atom is 0.174 e. The molecule has 0 aliphatic heterocycles. The van der Waals surface area contributed by atoms with Crippen LogP contribution in [0.2, 0.25) is 0 Å². The highest BCUT2D eigenvalue weighted by atomic mass is 32.2. The van der Waals surface area contributed by atoms with Crippen molar-refractivity contribution in [1.29, 1.82) is 0 Å². The van der Waals surface area contributed by atoms with Crippen molar-refractivity contribution in [2.75, 3.05) is 5.75 Å². The molecule has 0 atom stereocenters. The van der Waals surface area contributed by atoms with E-state index in [1.807, 2.05) is 31.2 Å². The molecule has 0 aromatic heterocycles. The third-order valence-electron chi connectivity index (χ3n) is 3.84. The Morgan fingerprint density at radius 2 is 1.74 bits per heavy atom. The number of ketones is 1. The summed E-state index contributed by atoms with van der Waals surface area (Å²) in [5, 5.41) is 10.5. The highest BCUT2D eigenvalue weighted by Gasteiger charge is 2.35. The fourth-order valence-electron chi connectivity index (χ4n) is 2.51. The van der Waals surface area contributed by atoms with Crippen molar-refractivity contribution in [3.05, 3.63) is 29.8 Å². The molecule has 2 nitrogen and oxygen atoms in total. The van der Waals surface area contributed by atoms with Gasteiger partial charge < -0.3 is 5.11 Å². The monoisotopic (exact) mass is 278 g/mol. The Hall–Kier alpha value is -0.800. The van der Waals surface area contributed by atoms with E-state index in [9.17, 15) is 9.90 Å². The molecule has 0 saturated heterocycles. The Bertz CT molecular complexity index is 417. The highest BCUT2D eigenvalue weighted by Crippen LogP contribution is 2.30. The molecule has 19 heavy (non-hydrogen) atoms. The van der Waals surface area contributed by atoms with E-state index in [0.29, 0.717) is 18.6 Å². The van der Waals surface area contributed by atoms with Crippen LogP contribution in [0.5, 0.6) is 0 Å². The van der Waals surface area contributed by atoms with E-state index in [0.717, 1.165) is 30.6 Å². The summed E-state index contributed by atoms with van der Waals surface area (Å²) in [6.07, 6.45) is 5.50. The summed E-state index contributed by atoms with van der Waals surface area (Å²) in [6, 6.07) is 8.16. The van der Waals surface area contributed by atoms with E-state index in [1.54, 1.807) is 0 Å². The molecule has 0 bridgehead atoms. The number of rotatable bonds is 4. The van der Waals surface area contributed by atoms with Crippen molar-refractivity contribution in [3.63, 3.8) is 0 Å². The highest BCUT2D eigenvalue weighted by molar-refractivity contribution is 8.00. The number of hydrogen-bond acceptors (Lipinski definition) is 3. The SMILES string of the molecule is Cc1ccc(SCC(=O)C2(O)CCCCCC2)cc1. The Labute approximate surface area is 119 Å². The first-order chi connectivity index (χ1) is 9.10. The second-order valence-corrected chi connectivity index (χ2v) is 6.52. The van der Waals surface area contributed by atoms with E-state index in [2.05, 4.69) is 0 Å². The number of benzene rings is 1. The molecule has 0 spiro atoms. The lowest BCUT2D eigenvalue weighted by Gasteiger charge is -2.24. The predicted molar refractivity (Wildman–Crippen MR) is 79.6 cm³/mol. The number of carbonyl (C=O) groups is 1. The van der Waals surface area contributed by atoms with Crippen LogP contribution in [0.1, 0.15) is 44.1 Å². The molecule has 1 saturated carbocycles. The first-order valence-corrected chi connectivity index (χ1v) is 8.04. The Balaban J connectivity index is 1.91. The summed E-state index contributed by atoms with van der Waals surface area (Å²) in [7, 11) is 0. The van der Waals surface area contributed by atoms with Crippen molar-refractivity contribution in [2.45, 2.75) is 55.9 Å². The molecule has 1 aromatic carbocycles. The van der Waals surface area contributed by atoms with Crippen molar-refractivity contribution in [2.24, 2.45) is 0 Å². The van der Waals surface area contributed by atoms with Gasteiger partial charge in [-0.15, -0.1) is 11.8 Å². The molecular weight excluding hydrogens is 256 g/mol. The van der Waals surface area contributed by atoms with Gasteiger partial charge in [-0.05, 0) is 31.9 Å². The lowest BCUT2D eigenvalue weighted by Crippen LogP contribution is -2.39. The van der Waals surface area contributed by atoms with Crippen LogP contribution in [0.15, 0.2) is 29.2 Å². The van der Waals surface area contributed by atoms with E-state index < -0.39 is 5.60 Å². The lowest BCUT2D eigenvalue weighted by molar-refractivity contribution is -0.135. The van der Waals surface area contributed by atoms with E-state index in [1.165, 1.54) is 17.3 Å². The Morgan fingerprint density at radius 1 is 1.16 bits per heavy atom. The molecule has 104 valence electrons. The topological polar surface area (TPSA) is 37.3 Å². The molecule has 3 heteroatoms. The first kappa shape index (κ1) is 14.6. The van der Waals surface area contributed by atoms with Crippen LogP contribution in [0.25, 0.3) is 0 Å². The Morgan fingerprint density at radius 3 is 2.32 bits per heavy atom. The molecule has 0 amide bonds. The van der Waals surface area contributed by atoms with Gasteiger partial charge in [0.2, 0.25) is 0 Å². The first-order valence-electron chi connectivity index (χ1n) is 7.05. The quantitative estimate of drug-likeness (QED) is 0.673. The smallest absolute Gasteiger partial charge is 0.174 e. The minimum absolute atomic E-state index is 0.0000231. The third-order valence-corrected chi connectivity index (χ3v) is 4.85. The zero-order chi connectivity index (χ0) is 13.7. The summed E-state index contributed by atoms with van der Waals surface area (Å²) in [5.74, 6) is 0.375. The van der Waals surface area contributed by atoms with E-state index in [-0.39, 0.29) is 5.78 Å². The van der Waals surface area contributed by atoms with Gasteiger partial charge in [0, 0.05) is 4.90 Å². The van der Waals surface area contributed by atoms with Crippen molar-refractivity contribution in [3.8, 4) is 0 Å². The van der Waals surface area contributed by atoms with Crippen molar-refractivity contribution < 1.29 is 9.90 Å². The van der Waals surface area contributed by atoms with Crippen LogP contribution >= 0.6 is 11.8 Å². The van der Waals surface area contributed by atoms with Crippen LogP contribution in [0.4, 0.5) is 0 Å². The largest absolute Gasteiger partial charge is 0.382 e. The summed E-state index contributed by atoms with van der Waals surface area (Å²) in [4.78, 5) is 13.3. The maximum absolute atomic E-state index is 12.2. The second kappa shape index (κ2) is 6.58. The summed E-state index contributed by atoms with van der Waals surface area (Å²) in [6.45, 7) is 2.05. The number of aliphatic hydroxyl groups is 1. The Kier molecular flexibility index (Phi) is 5.06. The summed E-state index contributed by atoms with van der Waals surface area (Å²) >= 11 is 1.53. The zero-order valence-electron chi connectivity index (χ0n) is 11.5. The lowest BCUT2D eigenvalue weighted by atomic mass is 9.91.